The van der Waals surface area contributed by atoms with Crippen molar-refractivity contribution in [2.75, 3.05) is 11.9 Å². The first-order chi connectivity index (χ1) is 31.9. The van der Waals surface area contributed by atoms with E-state index in [1.807, 2.05) is 90.3 Å². The molecule has 7 rings (SSSR count). The molecule has 0 radical (unpaired) electrons. The number of ketones is 1. The van der Waals surface area contributed by atoms with E-state index in [-0.39, 0.29) is 51.4 Å². The minimum Gasteiger partial charge on any atom is -0.480 e. The van der Waals surface area contributed by atoms with Crippen molar-refractivity contribution >= 4 is 58.3 Å². The quantitative estimate of drug-likeness (QED) is 0.0577. The van der Waals surface area contributed by atoms with Crippen LogP contribution < -0.4 is 32.3 Å². The molecule has 66 heavy (non-hydrogen) atoms. The molecule has 0 fully saturated rings. The van der Waals surface area contributed by atoms with Crippen molar-refractivity contribution in [1.82, 2.24) is 21.3 Å². The standard InChI is InChI=1S/C51H56N6O8S/c52-26-8-7-15-41(51(64)65)55-48(61)38-28-34-18-22-39(23-19-34)53-46(59)24-25-47(60)54-44(32-40-14-9-27-66-40)50(63)57-43(30-35-16-20-37(21-17-35)36-12-5-2-6-13-36)49(62)56-42(45(58)31-38)29-33-10-3-1-4-11-33/h1-6,9-14,16-23,27,38,41-44H,7-8,15,24-26,28-32,52H2,(H,53,59)(H,54,60)(H,55,61)(H,56,62)(H,57,63)(H,64,65)/t38-,41+,42-,43+,44-/m1/s1. The highest BCUT2D eigenvalue weighted by Crippen LogP contribution is 2.22. The summed E-state index contributed by atoms with van der Waals surface area (Å²) >= 11 is 1.40. The number of carbonyl (C=O) groups is 7. The lowest BCUT2D eigenvalue weighted by Crippen LogP contribution is -2.57. The molecule has 1 aromatic heterocycles. The van der Waals surface area contributed by atoms with Crippen LogP contribution in [0.5, 0.6) is 0 Å². The highest BCUT2D eigenvalue weighted by molar-refractivity contribution is 7.09. The third-order valence-corrected chi connectivity index (χ3v) is 12.3. The predicted octanol–water partition coefficient (Wildman–Crippen LogP) is 5.15. The van der Waals surface area contributed by atoms with E-state index in [4.69, 9.17) is 5.73 Å². The lowest BCUT2D eigenvalue weighted by atomic mass is 9.89. The van der Waals surface area contributed by atoms with Crippen molar-refractivity contribution in [3.63, 3.8) is 0 Å². The zero-order valence-corrected chi connectivity index (χ0v) is 37.4. The predicted molar refractivity (Wildman–Crippen MR) is 253 cm³/mol. The molecule has 5 atom stereocenters. The second-order valence-electron chi connectivity index (χ2n) is 16.5. The summed E-state index contributed by atoms with van der Waals surface area (Å²) in [6.45, 7) is 0.359. The highest BCUT2D eigenvalue weighted by Gasteiger charge is 2.34. The average molecular weight is 913 g/mol. The van der Waals surface area contributed by atoms with Crippen molar-refractivity contribution < 1.29 is 38.7 Å². The van der Waals surface area contributed by atoms with Crippen LogP contribution in [0.3, 0.4) is 0 Å². The number of amides is 5. The van der Waals surface area contributed by atoms with Crippen LogP contribution in [0.15, 0.2) is 127 Å². The minimum absolute atomic E-state index is 0.0142. The molecule has 0 unspecified atom stereocenters. The van der Waals surface area contributed by atoms with Crippen molar-refractivity contribution in [1.29, 1.82) is 0 Å². The van der Waals surface area contributed by atoms with E-state index in [2.05, 4.69) is 26.6 Å². The third-order valence-electron chi connectivity index (χ3n) is 11.4. The monoisotopic (exact) mass is 912 g/mol. The molecule has 8 N–H and O–H groups in total. The fourth-order valence-electron chi connectivity index (χ4n) is 7.80. The van der Waals surface area contributed by atoms with E-state index in [0.29, 0.717) is 36.2 Å². The highest BCUT2D eigenvalue weighted by atomic mass is 32.1. The molecule has 0 saturated carbocycles. The second-order valence-corrected chi connectivity index (χ2v) is 17.5. The van der Waals surface area contributed by atoms with Crippen molar-refractivity contribution in [2.45, 2.75) is 88.4 Å². The van der Waals surface area contributed by atoms with Crippen LogP contribution in [0.4, 0.5) is 5.69 Å². The number of carboxylic acid groups (broad SMARTS) is 1. The molecular weight excluding hydrogens is 857 g/mol. The Bertz CT molecular complexity index is 2410. The van der Waals surface area contributed by atoms with Crippen LogP contribution >= 0.6 is 11.3 Å². The molecule has 14 nitrogen and oxygen atoms in total. The number of anilines is 1. The maximum atomic E-state index is 14.7. The van der Waals surface area contributed by atoms with Crippen LogP contribution in [0.1, 0.15) is 60.1 Å². The lowest BCUT2D eigenvalue weighted by Gasteiger charge is -2.27. The molecule has 5 aromatic rings. The number of rotatable bonds is 14. The van der Waals surface area contributed by atoms with E-state index in [1.54, 1.807) is 36.4 Å². The van der Waals surface area contributed by atoms with E-state index in [9.17, 15) is 38.7 Å². The van der Waals surface area contributed by atoms with Gasteiger partial charge in [0.25, 0.3) is 0 Å². The summed E-state index contributed by atoms with van der Waals surface area (Å²) in [4.78, 5) is 97.3. The van der Waals surface area contributed by atoms with Crippen LogP contribution in [0, 0.1) is 5.92 Å². The maximum absolute atomic E-state index is 14.7. The summed E-state index contributed by atoms with van der Waals surface area (Å²) in [6.07, 6.45) is 0.583. The Morgan fingerprint density at radius 2 is 1.26 bits per heavy atom. The van der Waals surface area contributed by atoms with Crippen LogP contribution in [0.25, 0.3) is 11.1 Å². The fourth-order valence-corrected chi connectivity index (χ4v) is 8.55. The minimum atomic E-state index is -1.24. The van der Waals surface area contributed by atoms with Gasteiger partial charge in [-0.25, -0.2) is 4.79 Å². The van der Waals surface area contributed by atoms with E-state index in [0.717, 1.165) is 21.6 Å². The van der Waals surface area contributed by atoms with Crippen LogP contribution in [0.2, 0.25) is 0 Å². The van der Waals surface area contributed by atoms with Gasteiger partial charge in [-0.05, 0) is 90.0 Å². The number of carbonyl (C=O) groups excluding carboxylic acids is 6. The number of nitrogens with one attached hydrogen (secondary N) is 5. The molecule has 15 heteroatoms. The molecule has 2 aliphatic heterocycles. The Morgan fingerprint density at radius 3 is 1.91 bits per heavy atom. The zero-order valence-electron chi connectivity index (χ0n) is 36.6. The first kappa shape index (κ1) is 48.5. The molecule has 0 saturated heterocycles. The van der Waals surface area contributed by atoms with Crippen molar-refractivity contribution in [2.24, 2.45) is 11.7 Å². The number of unbranched alkanes of at least 4 members (excludes halogenated alkanes) is 1. The summed E-state index contributed by atoms with van der Waals surface area (Å²) in [5, 5.41) is 25.9. The van der Waals surface area contributed by atoms with Gasteiger partial charge in [0.15, 0.2) is 5.78 Å². The number of hydrogen-bond acceptors (Lipinski definition) is 9. The summed E-state index contributed by atoms with van der Waals surface area (Å²) < 4.78 is 0. The first-order valence-corrected chi connectivity index (χ1v) is 23.1. The summed E-state index contributed by atoms with van der Waals surface area (Å²) in [5.74, 6) is -5.72. The number of fused-ring (bicyclic) bond motifs is 18. The Labute approximate surface area is 388 Å². The molecule has 2 bridgehead atoms. The van der Waals surface area contributed by atoms with Gasteiger partial charge < -0.3 is 37.4 Å². The van der Waals surface area contributed by atoms with Gasteiger partial charge in [0.2, 0.25) is 29.5 Å². The molecule has 4 aromatic carbocycles. The van der Waals surface area contributed by atoms with Gasteiger partial charge in [0.05, 0.1) is 6.04 Å². The smallest absolute Gasteiger partial charge is 0.326 e. The van der Waals surface area contributed by atoms with E-state index >= 15 is 0 Å². The molecular formula is C51H56N6O8S. The number of nitrogens with two attached hydrogens (primary N) is 1. The van der Waals surface area contributed by atoms with Gasteiger partial charge in [0.1, 0.15) is 18.1 Å². The van der Waals surface area contributed by atoms with Gasteiger partial charge >= 0.3 is 5.97 Å². The van der Waals surface area contributed by atoms with E-state index in [1.165, 1.54) is 11.3 Å². The average Bonchev–Trinajstić information content (AvgIpc) is 3.84. The fraction of sp³-hybridized carbons (Fsp3) is 0.314. The van der Waals surface area contributed by atoms with Crippen LogP contribution in [-0.2, 0) is 59.2 Å². The van der Waals surface area contributed by atoms with Gasteiger partial charge in [-0.15, -0.1) is 11.3 Å². The number of thiophene rings is 1. The molecule has 5 amide bonds. The zero-order chi connectivity index (χ0) is 46.8. The van der Waals surface area contributed by atoms with Gasteiger partial charge in [-0.1, -0.05) is 103 Å². The summed E-state index contributed by atoms with van der Waals surface area (Å²) in [6, 6.07) is 31.9. The second kappa shape index (κ2) is 24.4. The Hall–Kier alpha value is -6.97. The number of benzene rings is 4. The van der Waals surface area contributed by atoms with Gasteiger partial charge in [-0.3, -0.25) is 28.8 Å². The number of carboxylic acids is 1. The Morgan fingerprint density at radius 1 is 0.652 bits per heavy atom. The van der Waals surface area contributed by atoms with Gasteiger partial charge in [0, 0.05) is 48.6 Å². The summed E-state index contributed by atoms with van der Waals surface area (Å²) in [7, 11) is 0. The normalized spacial score (nSPS) is 19.3. The maximum Gasteiger partial charge on any atom is 0.326 e. The molecule has 2 aliphatic rings. The topological polar surface area (TPSA) is 226 Å². The van der Waals surface area contributed by atoms with E-state index < -0.39 is 71.4 Å². The van der Waals surface area contributed by atoms with Crippen molar-refractivity contribution in [3.8, 4) is 11.1 Å². The SMILES string of the molecule is NCCCC[C@H](NC(=O)[C@H]1CC(=O)[C@@H](Cc2ccccc2)NC(=O)[C@H](Cc2ccc(-c3ccccc3)cc2)NC(=O)[C@@H](Cc2cccs2)NC(=O)CCC(=O)Nc2ccc(cc2)C1)C(=O)O. The molecule has 3 heterocycles. The number of Topliss-reactive ketones (excluding diaryl/α,β-unsaturated/α-hetero) is 1. The number of hydrogen-bond donors (Lipinski definition) is 7. The summed E-state index contributed by atoms with van der Waals surface area (Å²) in [5.41, 5.74) is 10.1. The molecule has 0 aliphatic carbocycles. The molecule has 0 spiro atoms. The third kappa shape index (κ3) is 14.8. The Kier molecular flexibility index (Phi) is 17.9. The largest absolute Gasteiger partial charge is 0.480 e. The van der Waals surface area contributed by atoms with Gasteiger partial charge in [-0.2, -0.15) is 0 Å². The lowest BCUT2D eigenvalue weighted by molar-refractivity contribution is -0.143. The molecule has 344 valence electrons. The first-order valence-electron chi connectivity index (χ1n) is 22.2. The Balaban J connectivity index is 1.36. The number of aliphatic carboxylic acids is 1. The van der Waals surface area contributed by atoms with Crippen molar-refractivity contribution in [3.05, 3.63) is 148 Å². The van der Waals surface area contributed by atoms with Crippen LogP contribution in [-0.4, -0.2) is 77.1 Å².